The molecule has 2 rings (SSSR count). The molecular formula is C12H7Cl2FN2O. The van der Waals surface area contributed by atoms with E-state index < -0.39 is 11.7 Å². The number of rotatable bonds is 2. The van der Waals surface area contributed by atoms with Crippen LogP contribution < -0.4 is 5.32 Å². The van der Waals surface area contributed by atoms with E-state index in [1.165, 1.54) is 18.3 Å². The van der Waals surface area contributed by atoms with Gasteiger partial charge in [-0.2, -0.15) is 0 Å². The van der Waals surface area contributed by atoms with Gasteiger partial charge in [0.2, 0.25) is 0 Å². The minimum absolute atomic E-state index is 0.0870. The smallest absolute Gasteiger partial charge is 0.258 e. The molecule has 18 heavy (non-hydrogen) atoms. The van der Waals surface area contributed by atoms with Crippen LogP contribution >= 0.6 is 23.2 Å². The first-order valence-corrected chi connectivity index (χ1v) is 5.69. The van der Waals surface area contributed by atoms with Crippen LogP contribution in [-0.2, 0) is 0 Å². The fourth-order valence-corrected chi connectivity index (χ4v) is 1.63. The normalized spacial score (nSPS) is 10.2. The Morgan fingerprint density at radius 2 is 2.00 bits per heavy atom. The summed E-state index contributed by atoms with van der Waals surface area (Å²) in [6.07, 6.45) is 2.32. The monoisotopic (exact) mass is 284 g/mol. The number of carbonyl (C=O) groups is 1. The number of amides is 1. The fraction of sp³-hybridized carbons (Fsp3) is 0. The zero-order valence-electron chi connectivity index (χ0n) is 8.95. The second-order valence-electron chi connectivity index (χ2n) is 3.44. The number of nitrogens with one attached hydrogen (secondary N) is 1. The van der Waals surface area contributed by atoms with Crippen LogP contribution in [0.1, 0.15) is 10.4 Å². The second-order valence-corrected chi connectivity index (χ2v) is 4.25. The van der Waals surface area contributed by atoms with E-state index in [-0.39, 0.29) is 5.56 Å². The molecule has 0 radical (unpaired) electrons. The van der Waals surface area contributed by atoms with Crippen LogP contribution in [0.4, 0.5) is 10.1 Å². The predicted octanol–water partition coefficient (Wildman–Crippen LogP) is 3.78. The van der Waals surface area contributed by atoms with Crippen LogP contribution in [0.15, 0.2) is 36.7 Å². The quantitative estimate of drug-likeness (QED) is 0.912. The Morgan fingerprint density at radius 1 is 1.22 bits per heavy atom. The lowest BCUT2D eigenvalue weighted by Crippen LogP contribution is -2.13. The topological polar surface area (TPSA) is 42.0 Å². The van der Waals surface area contributed by atoms with Crippen molar-refractivity contribution in [2.45, 2.75) is 0 Å². The number of nitrogens with zero attached hydrogens (tertiary/aromatic N) is 1. The average molecular weight is 285 g/mol. The Balaban J connectivity index is 2.22. The van der Waals surface area contributed by atoms with Gasteiger partial charge in [-0.25, -0.2) is 4.39 Å². The maximum absolute atomic E-state index is 13.3. The van der Waals surface area contributed by atoms with Crippen molar-refractivity contribution in [3.05, 3.63) is 58.1 Å². The van der Waals surface area contributed by atoms with Gasteiger partial charge in [-0.15, -0.1) is 0 Å². The summed E-state index contributed by atoms with van der Waals surface area (Å²) in [5.74, 6) is -1.26. The highest BCUT2D eigenvalue weighted by Gasteiger charge is 2.11. The van der Waals surface area contributed by atoms with E-state index in [4.69, 9.17) is 23.2 Å². The molecule has 1 N–H and O–H groups in total. The summed E-state index contributed by atoms with van der Waals surface area (Å²) in [7, 11) is 0. The third kappa shape index (κ3) is 2.78. The van der Waals surface area contributed by atoms with Crippen molar-refractivity contribution in [1.82, 2.24) is 4.98 Å². The Labute approximate surface area is 113 Å². The molecule has 2 aromatic rings. The molecule has 1 heterocycles. The number of anilines is 1. The van der Waals surface area contributed by atoms with E-state index in [1.807, 2.05) is 0 Å². The van der Waals surface area contributed by atoms with Crippen LogP contribution in [-0.4, -0.2) is 10.9 Å². The lowest BCUT2D eigenvalue weighted by molar-refractivity contribution is 0.102. The van der Waals surface area contributed by atoms with Gasteiger partial charge in [0.15, 0.2) is 5.82 Å². The summed E-state index contributed by atoms with van der Waals surface area (Å²) < 4.78 is 13.3. The Kier molecular flexibility index (Phi) is 3.79. The van der Waals surface area contributed by atoms with Gasteiger partial charge in [0.1, 0.15) is 0 Å². The number of hydrogen-bond donors (Lipinski definition) is 1. The first kappa shape index (κ1) is 12.8. The summed E-state index contributed by atoms with van der Waals surface area (Å²) in [4.78, 5) is 15.3. The van der Waals surface area contributed by atoms with E-state index >= 15 is 0 Å². The summed E-state index contributed by atoms with van der Waals surface area (Å²) in [6.45, 7) is 0. The average Bonchev–Trinajstić information content (AvgIpc) is 2.34. The number of aromatic nitrogens is 1. The molecule has 3 nitrogen and oxygen atoms in total. The molecule has 0 fully saturated rings. The number of halogens is 3. The molecule has 0 spiro atoms. The fourth-order valence-electron chi connectivity index (χ4n) is 1.33. The molecule has 0 unspecified atom stereocenters. The van der Waals surface area contributed by atoms with Gasteiger partial charge < -0.3 is 5.32 Å². The number of pyridine rings is 1. The molecule has 0 aliphatic heterocycles. The number of benzene rings is 1. The Hall–Kier alpha value is -1.65. The summed E-state index contributed by atoms with van der Waals surface area (Å²) in [5, 5.41) is 3.21. The van der Waals surface area contributed by atoms with Crippen molar-refractivity contribution in [2.75, 3.05) is 5.32 Å². The van der Waals surface area contributed by atoms with E-state index in [1.54, 1.807) is 12.1 Å². The molecule has 1 amide bonds. The van der Waals surface area contributed by atoms with Gasteiger partial charge >= 0.3 is 0 Å². The highest BCUT2D eigenvalue weighted by atomic mass is 35.5. The third-order valence-electron chi connectivity index (χ3n) is 2.19. The van der Waals surface area contributed by atoms with Gasteiger partial charge in [0.25, 0.3) is 5.91 Å². The van der Waals surface area contributed by atoms with Gasteiger partial charge in [-0.3, -0.25) is 9.78 Å². The molecule has 92 valence electrons. The van der Waals surface area contributed by atoms with E-state index in [9.17, 15) is 9.18 Å². The van der Waals surface area contributed by atoms with Crippen molar-refractivity contribution >= 4 is 34.8 Å². The van der Waals surface area contributed by atoms with E-state index in [0.717, 1.165) is 6.20 Å². The molecule has 0 bridgehead atoms. The SMILES string of the molecule is O=C(Nc1ccc(Cl)c(Cl)c1)c1ccncc1F. The number of hydrogen-bond acceptors (Lipinski definition) is 2. The van der Waals surface area contributed by atoms with Gasteiger partial charge in [0, 0.05) is 11.9 Å². The van der Waals surface area contributed by atoms with Gasteiger partial charge in [-0.1, -0.05) is 23.2 Å². The first-order chi connectivity index (χ1) is 8.58. The first-order valence-electron chi connectivity index (χ1n) is 4.94. The zero-order valence-corrected chi connectivity index (χ0v) is 10.5. The zero-order chi connectivity index (χ0) is 13.1. The van der Waals surface area contributed by atoms with Gasteiger partial charge in [0.05, 0.1) is 21.8 Å². The minimum Gasteiger partial charge on any atom is -0.322 e. The molecule has 0 saturated heterocycles. The summed E-state index contributed by atoms with van der Waals surface area (Å²) in [5.41, 5.74) is 0.349. The summed E-state index contributed by atoms with van der Waals surface area (Å²) >= 11 is 11.6. The van der Waals surface area contributed by atoms with Gasteiger partial charge in [-0.05, 0) is 24.3 Å². The summed E-state index contributed by atoms with van der Waals surface area (Å²) in [6, 6.07) is 5.90. The lowest BCUT2D eigenvalue weighted by Gasteiger charge is -2.06. The van der Waals surface area contributed by atoms with Crippen LogP contribution in [0, 0.1) is 5.82 Å². The minimum atomic E-state index is -0.685. The van der Waals surface area contributed by atoms with Crippen LogP contribution in [0.5, 0.6) is 0 Å². The Morgan fingerprint density at radius 3 is 2.67 bits per heavy atom. The third-order valence-corrected chi connectivity index (χ3v) is 2.93. The molecule has 0 aliphatic carbocycles. The predicted molar refractivity (Wildman–Crippen MR) is 68.6 cm³/mol. The van der Waals surface area contributed by atoms with Crippen molar-refractivity contribution in [3.8, 4) is 0 Å². The molecule has 0 saturated carbocycles. The molecule has 1 aromatic carbocycles. The van der Waals surface area contributed by atoms with Crippen molar-refractivity contribution in [2.24, 2.45) is 0 Å². The molecule has 6 heteroatoms. The van der Waals surface area contributed by atoms with Crippen LogP contribution in [0.2, 0.25) is 10.0 Å². The van der Waals surface area contributed by atoms with E-state index in [2.05, 4.69) is 10.3 Å². The molecule has 0 aliphatic rings. The highest BCUT2D eigenvalue weighted by Crippen LogP contribution is 2.25. The highest BCUT2D eigenvalue weighted by molar-refractivity contribution is 6.42. The van der Waals surface area contributed by atoms with Crippen molar-refractivity contribution < 1.29 is 9.18 Å². The van der Waals surface area contributed by atoms with E-state index in [0.29, 0.717) is 15.7 Å². The molecular weight excluding hydrogens is 278 g/mol. The maximum atomic E-state index is 13.3. The van der Waals surface area contributed by atoms with Crippen molar-refractivity contribution in [3.63, 3.8) is 0 Å². The van der Waals surface area contributed by atoms with Crippen LogP contribution in [0.3, 0.4) is 0 Å². The van der Waals surface area contributed by atoms with Crippen molar-refractivity contribution in [1.29, 1.82) is 0 Å². The molecule has 1 aromatic heterocycles. The second kappa shape index (κ2) is 5.33. The number of carbonyl (C=O) groups excluding carboxylic acids is 1. The lowest BCUT2D eigenvalue weighted by atomic mass is 10.2. The molecule has 0 atom stereocenters. The van der Waals surface area contributed by atoms with Crippen LogP contribution in [0.25, 0.3) is 0 Å². The Bertz CT molecular complexity index is 604. The standard InChI is InChI=1S/C12H7Cl2FN2O/c13-9-2-1-7(5-10(9)14)17-12(18)8-3-4-16-6-11(8)15/h1-6H,(H,17,18). The largest absolute Gasteiger partial charge is 0.322 e. The maximum Gasteiger partial charge on any atom is 0.258 e.